The van der Waals surface area contributed by atoms with Gasteiger partial charge in [-0.05, 0) is 68.5 Å². The molecule has 1 N–H and O–H groups in total. The molecule has 2 saturated heterocycles. The normalized spacial score (nSPS) is 23.4. The van der Waals surface area contributed by atoms with E-state index >= 15 is 0 Å². The minimum absolute atomic E-state index is 0.0134. The summed E-state index contributed by atoms with van der Waals surface area (Å²) in [6.45, 7) is 5.52. The first-order valence-electron chi connectivity index (χ1n) is 12.1. The Balaban J connectivity index is 1.41. The Morgan fingerprint density at radius 3 is 2.73 bits per heavy atom. The zero-order valence-corrected chi connectivity index (χ0v) is 19.7. The second-order valence-electron chi connectivity index (χ2n) is 9.30. The van der Waals surface area contributed by atoms with Gasteiger partial charge in [0, 0.05) is 37.7 Å². The van der Waals surface area contributed by atoms with E-state index in [1.807, 2.05) is 24.3 Å². The largest absolute Gasteiger partial charge is 0.496 e. The van der Waals surface area contributed by atoms with Crippen molar-refractivity contribution in [1.29, 1.82) is 0 Å². The van der Waals surface area contributed by atoms with Crippen molar-refractivity contribution in [2.24, 2.45) is 0 Å². The zero-order chi connectivity index (χ0) is 23.3. The van der Waals surface area contributed by atoms with Gasteiger partial charge < -0.3 is 14.8 Å². The van der Waals surface area contributed by atoms with E-state index in [1.54, 1.807) is 13.2 Å². The molecule has 0 radical (unpaired) electrons. The summed E-state index contributed by atoms with van der Waals surface area (Å²) >= 11 is 0. The fourth-order valence-electron chi connectivity index (χ4n) is 5.10. The number of amides is 1. The van der Waals surface area contributed by atoms with Gasteiger partial charge in [0.2, 0.25) is 0 Å². The Morgan fingerprint density at radius 2 is 2.03 bits per heavy atom. The molecule has 4 rings (SSSR count). The predicted molar refractivity (Wildman–Crippen MR) is 128 cm³/mol. The molecule has 2 fully saturated rings. The Morgan fingerprint density at radius 1 is 1.21 bits per heavy atom. The summed E-state index contributed by atoms with van der Waals surface area (Å²) in [5.41, 5.74) is 1.79. The van der Waals surface area contributed by atoms with Gasteiger partial charge in [-0.25, -0.2) is 4.39 Å². The van der Waals surface area contributed by atoms with E-state index in [0.29, 0.717) is 36.9 Å². The first kappa shape index (κ1) is 23.7. The van der Waals surface area contributed by atoms with Crippen molar-refractivity contribution in [3.63, 3.8) is 0 Å². The molecule has 0 saturated carbocycles. The SMILES string of the molecule is COc1ccc(F)cc1-c1ccc(CC2(C(=O)NCCN3CCCCC3C)CCCO2)cc1. The standard InChI is InChI=1S/C27H35FN2O3/c1-20-6-3-4-15-30(20)16-14-29-26(31)27(13-5-17-33-27)19-21-7-9-22(10-8-21)24-18-23(28)11-12-25(24)32-2/h7-12,18,20H,3-6,13-17,19H2,1-2H3,(H,29,31). The highest BCUT2D eigenvalue weighted by molar-refractivity contribution is 5.86. The number of methoxy groups -OCH3 is 1. The molecule has 0 aromatic heterocycles. The van der Waals surface area contributed by atoms with Crippen LogP contribution in [0.4, 0.5) is 4.39 Å². The third kappa shape index (κ3) is 5.56. The number of hydrogen-bond acceptors (Lipinski definition) is 4. The van der Waals surface area contributed by atoms with E-state index in [1.165, 1.54) is 31.4 Å². The van der Waals surface area contributed by atoms with Crippen LogP contribution in [0.2, 0.25) is 0 Å². The van der Waals surface area contributed by atoms with Gasteiger partial charge in [-0.2, -0.15) is 0 Å². The molecule has 0 bridgehead atoms. The molecule has 2 atom stereocenters. The number of piperidine rings is 1. The summed E-state index contributed by atoms with van der Waals surface area (Å²) in [6.07, 6.45) is 5.90. The molecule has 2 aromatic carbocycles. The van der Waals surface area contributed by atoms with E-state index in [2.05, 4.69) is 17.1 Å². The minimum atomic E-state index is -0.814. The summed E-state index contributed by atoms with van der Waals surface area (Å²) in [5.74, 6) is 0.312. The van der Waals surface area contributed by atoms with E-state index < -0.39 is 5.60 Å². The molecule has 2 aliphatic rings. The van der Waals surface area contributed by atoms with Crippen LogP contribution < -0.4 is 10.1 Å². The summed E-state index contributed by atoms with van der Waals surface area (Å²) in [7, 11) is 1.58. The molecule has 5 nitrogen and oxygen atoms in total. The average molecular weight is 455 g/mol. The number of halogens is 1. The van der Waals surface area contributed by atoms with Crippen molar-refractivity contribution in [2.75, 3.05) is 33.4 Å². The molecule has 2 aromatic rings. The maximum absolute atomic E-state index is 13.8. The Hall–Kier alpha value is -2.44. The number of carbonyl (C=O) groups excluding carboxylic acids is 1. The molecule has 0 aliphatic carbocycles. The molecule has 178 valence electrons. The molecular formula is C27H35FN2O3. The van der Waals surface area contributed by atoms with Crippen molar-refractivity contribution >= 4 is 5.91 Å². The third-order valence-electron chi connectivity index (χ3n) is 7.06. The van der Waals surface area contributed by atoms with Crippen molar-refractivity contribution in [2.45, 2.75) is 57.1 Å². The van der Waals surface area contributed by atoms with Crippen molar-refractivity contribution < 1.29 is 18.7 Å². The molecule has 33 heavy (non-hydrogen) atoms. The van der Waals surface area contributed by atoms with Crippen LogP contribution in [0.5, 0.6) is 5.75 Å². The lowest BCUT2D eigenvalue weighted by Gasteiger charge is -2.34. The van der Waals surface area contributed by atoms with E-state index in [-0.39, 0.29) is 11.7 Å². The van der Waals surface area contributed by atoms with Crippen molar-refractivity contribution in [3.8, 4) is 16.9 Å². The monoisotopic (exact) mass is 454 g/mol. The van der Waals surface area contributed by atoms with Crippen molar-refractivity contribution in [1.82, 2.24) is 10.2 Å². The van der Waals surface area contributed by atoms with Gasteiger partial charge in [-0.3, -0.25) is 9.69 Å². The van der Waals surface area contributed by atoms with Crippen LogP contribution in [-0.2, 0) is 16.0 Å². The first-order chi connectivity index (χ1) is 16.0. The second kappa shape index (κ2) is 10.7. The predicted octanol–water partition coefficient (Wildman–Crippen LogP) is 4.58. The van der Waals surface area contributed by atoms with Crippen LogP contribution in [0.25, 0.3) is 11.1 Å². The Labute approximate surface area is 196 Å². The molecule has 2 heterocycles. The highest BCUT2D eigenvalue weighted by atomic mass is 19.1. The second-order valence-corrected chi connectivity index (χ2v) is 9.30. The Bertz CT molecular complexity index is 941. The van der Waals surface area contributed by atoms with Gasteiger partial charge in [0.1, 0.15) is 11.6 Å². The van der Waals surface area contributed by atoms with E-state index in [9.17, 15) is 9.18 Å². The number of nitrogens with zero attached hydrogens (tertiary/aromatic N) is 1. The maximum atomic E-state index is 13.8. The van der Waals surface area contributed by atoms with Crippen LogP contribution in [0.15, 0.2) is 42.5 Å². The number of likely N-dealkylation sites (tertiary alicyclic amines) is 1. The maximum Gasteiger partial charge on any atom is 0.252 e. The lowest BCUT2D eigenvalue weighted by molar-refractivity contribution is -0.141. The molecular weight excluding hydrogens is 419 g/mol. The topological polar surface area (TPSA) is 50.8 Å². The summed E-state index contributed by atoms with van der Waals surface area (Å²) in [4.78, 5) is 15.7. The fraction of sp³-hybridized carbons (Fsp3) is 0.519. The fourth-order valence-corrected chi connectivity index (χ4v) is 5.10. The smallest absolute Gasteiger partial charge is 0.252 e. The minimum Gasteiger partial charge on any atom is -0.496 e. The van der Waals surface area contributed by atoms with Crippen LogP contribution in [0.1, 0.15) is 44.6 Å². The van der Waals surface area contributed by atoms with Gasteiger partial charge in [0.05, 0.1) is 7.11 Å². The van der Waals surface area contributed by atoms with Gasteiger partial charge in [-0.1, -0.05) is 30.7 Å². The van der Waals surface area contributed by atoms with Crippen LogP contribution in [0.3, 0.4) is 0 Å². The van der Waals surface area contributed by atoms with E-state index in [4.69, 9.17) is 9.47 Å². The molecule has 2 unspecified atom stereocenters. The average Bonchev–Trinajstić information content (AvgIpc) is 3.30. The summed E-state index contributed by atoms with van der Waals surface area (Å²) < 4.78 is 25.2. The Kier molecular flexibility index (Phi) is 7.66. The highest BCUT2D eigenvalue weighted by Crippen LogP contribution is 2.33. The number of carbonyl (C=O) groups is 1. The number of rotatable bonds is 8. The molecule has 0 spiro atoms. The third-order valence-corrected chi connectivity index (χ3v) is 7.06. The van der Waals surface area contributed by atoms with Gasteiger partial charge in [0.15, 0.2) is 5.60 Å². The van der Waals surface area contributed by atoms with Crippen LogP contribution in [0, 0.1) is 5.82 Å². The van der Waals surface area contributed by atoms with Gasteiger partial charge >= 0.3 is 0 Å². The molecule has 6 heteroatoms. The summed E-state index contributed by atoms with van der Waals surface area (Å²) in [6, 6.07) is 13.0. The van der Waals surface area contributed by atoms with Crippen molar-refractivity contribution in [3.05, 3.63) is 53.8 Å². The van der Waals surface area contributed by atoms with Gasteiger partial charge in [-0.15, -0.1) is 0 Å². The summed E-state index contributed by atoms with van der Waals surface area (Å²) in [5, 5.41) is 3.15. The number of benzene rings is 2. The molecule has 1 amide bonds. The number of nitrogens with one attached hydrogen (secondary N) is 1. The van der Waals surface area contributed by atoms with Gasteiger partial charge in [0.25, 0.3) is 5.91 Å². The number of hydrogen-bond donors (Lipinski definition) is 1. The molecule has 2 aliphatic heterocycles. The lowest BCUT2D eigenvalue weighted by Crippen LogP contribution is -2.50. The first-order valence-corrected chi connectivity index (χ1v) is 12.1. The number of ether oxygens (including phenoxy) is 2. The van der Waals surface area contributed by atoms with Crippen LogP contribution >= 0.6 is 0 Å². The zero-order valence-electron chi connectivity index (χ0n) is 19.7. The van der Waals surface area contributed by atoms with Crippen LogP contribution in [-0.4, -0.2) is 55.8 Å². The lowest BCUT2D eigenvalue weighted by atomic mass is 9.89. The quantitative estimate of drug-likeness (QED) is 0.634. The highest BCUT2D eigenvalue weighted by Gasteiger charge is 2.42. The van der Waals surface area contributed by atoms with E-state index in [0.717, 1.165) is 37.1 Å².